The summed E-state index contributed by atoms with van der Waals surface area (Å²) >= 11 is 3.28. The summed E-state index contributed by atoms with van der Waals surface area (Å²) in [6.07, 6.45) is 3.55. The Balaban J connectivity index is 2.53. The number of ether oxygens (including phenoxy) is 1. The Morgan fingerprint density at radius 3 is 2.93 bits per heavy atom. The molecule has 0 aliphatic carbocycles. The zero-order valence-corrected chi connectivity index (χ0v) is 9.10. The van der Waals surface area contributed by atoms with E-state index in [1.807, 2.05) is 24.4 Å². The third-order valence-corrected chi connectivity index (χ3v) is 2.19. The van der Waals surface area contributed by atoms with Gasteiger partial charge in [-0.3, -0.25) is 0 Å². The molecule has 0 fully saturated rings. The summed E-state index contributed by atoms with van der Waals surface area (Å²) in [7, 11) is 1.59. The second-order valence-electron chi connectivity index (χ2n) is 2.61. The van der Waals surface area contributed by atoms with Crippen molar-refractivity contribution in [2.24, 2.45) is 0 Å². The van der Waals surface area contributed by atoms with Gasteiger partial charge in [0.2, 0.25) is 5.88 Å². The van der Waals surface area contributed by atoms with Crippen LogP contribution in [0.1, 0.15) is 0 Å². The molecule has 2 heterocycles. The Morgan fingerprint density at radius 1 is 1.43 bits per heavy atom. The van der Waals surface area contributed by atoms with Crippen LogP contribution in [0.2, 0.25) is 0 Å². The lowest BCUT2D eigenvalue weighted by molar-refractivity contribution is 0.394. The van der Waals surface area contributed by atoms with Gasteiger partial charge in [0.1, 0.15) is 10.3 Å². The second-order valence-corrected chi connectivity index (χ2v) is 3.43. The van der Waals surface area contributed by atoms with Gasteiger partial charge in [0.15, 0.2) is 0 Å². The van der Waals surface area contributed by atoms with Crippen molar-refractivity contribution in [2.45, 2.75) is 0 Å². The number of aromatic nitrogens is 3. The van der Waals surface area contributed by atoms with Crippen LogP contribution in [-0.2, 0) is 0 Å². The van der Waals surface area contributed by atoms with Crippen molar-refractivity contribution in [3.05, 3.63) is 35.2 Å². The number of hydrogen-bond acceptors (Lipinski definition) is 3. The van der Waals surface area contributed by atoms with Crippen LogP contribution in [0.4, 0.5) is 0 Å². The molecule has 0 aromatic carbocycles. The summed E-state index contributed by atoms with van der Waals surface area (Å²) in [4.78, 5) is 4.18. The Labute approximate surface area is 89.7 Å². The van der Waals surface area contributed by atoms with Crippen LogP contribution in [0, 0.1) is 0 Å². The topological polar surface area (TPSA) is 39.9 Å². The molecule has 0 bridgehead atoms. The minimum atomic E-state index is 0.545. The van der Waals surface area contributed by atoms with E-state index in [0.29, 0.717) is 5.88 Å². The molecule has 0 aliphatic rings. The van der Waals surface area contributed by atoms with Crippen molar-refractivity contribution in [1.82, 2.24) is 14.8 Å². The molecule has 5 heteroatoms. The van der Waals surface area contributed by atoms with Gasteiger partial charge in [-0.1, -0.05) is 0 Å². The molecule has 0 saturated heterocycles. The van der Waals surface area contributed by atoms with E-state index in [1.165, 1.54) is 0 Å². The van der Waals surface area contributed by atoms with Gasteiger partial charge in [-0.25, -0.2) is 9.67 Å². The molecular weight excluding hydrogens is 246 g/mol. The average Bonchev–Trinajstić information content (AvgIpc) is 2.70. The van der Waals surface area contributed by atoms with Gasteiger partial charge in [-0.05, 0) is 34.1 Å². The van der Waals surface area contributed by atoms with Gasteiger partial charge in [-0.15, -0.1) is 0 Å². The highest BCUT2D eigenvalue weighted by Gasteiger charge is 2.06. The first kappa shape index (κ1) is 9.21. The van der Waals surface area contributed by atoms with Gasteiger partial charge < -0.3 is 4.74 Å². The molecule has 72 valence electrons. The lowest BCUT2D eigenvalue weighted by atomic mass is 10.4. The summed E-state index contributed by atoms with van der Waals surface area (Å²) in [6.45, 7) is 0. The summed E-state index contributed by atoms with van der Waals surface area (Å²) in [5.74, 6) is 0.545. The number of methoxy groups -OCH3 is 1. The van der Waals surface area contributed by atoms with E-state index in [0.717, 1.165) is 10.3 Å². The highest BCUT2D eigenvalue weighted by molar-refractivity contribution is 9.10. The van der Waals surface area contributed by atoms with Crippen molar-refractivity contribution < 1.29 is 4.74 Å². The Bertz CT molecular complexity index is 428. The van der Waals surface area contributed by atoms with Crippen LogP contribution in [-0.4, -0.2) is 21.9 Å². The zero-order chi connectivity index (χ0) is 9.97. The molecule has 0 saturated carbocycles. The SMILES string of the molecule is COc1nc(Br)ccc1-n1cccn1. The van der Waals surface area contributed by atoms with Crippen LogP contribution in [0.3, 0.4) is 0 Å². The number of nitrogens with zero attached hydrogens (tertiary/aromatic N) is 3. The van der Waals surface area contributed by atoms with E-state index in [-0.39, 0.29) is 0 Å². The van der Waals surface area contributed by atoms with Crippen LogP contribution in [0.25, 0.3) is 5.69 Å². The van der Waals surface area contributed by atoms with E-state index < -0.39 is 0 Å². The first-order valence-corrected chi connectivity index (χ1v) is 4.81. The molecule has 0 amide bonds. The number of pyridine rings is 1. The summed E-state index contributed by atoms with van der Waals surface area (Å²) < 4.78 is 7.60. The summed E-state index contributed by atoms with van der Waals surface area (Å²) in [5.41, 5.74) is 0.820. The smallest absolute Gasteiger partial charge is 0.240 e. The fourth-order valence-electron chi connectivity index (χ4n) is 1.15. The third kappa shape index (κ3) is 1.63. The lowest BCUT2D eigenvalue weighted by Gasteiger charge is -2.06. The quantitative estimate of drug-likeness (QED) is 0.770. The van der Waals surface area contributed by atoms with Crippen molar-refractivity contribution in [1.29, 1.82) is 0 Å². The third-order valence-electron chi connectivity index (χ3n) is 1.75. The fraction of sp³-hybridized carbons (Fsp3) is 0.111. The van der Waals surface area contributed by atoms with Gasteiger partial charge in [-0.2, -0.15) is 5.10 Å². The predicted molar refractivity (Wildman–Crippen MR) is 55.6 cm³/mol. The Hall–Kier alpha value is -1.36. The fourth-order valence-corrected chi connectivity index (χ4v) is 1.44. The van der Waals surface area contributed by atoms with E-state index in [2.05, 4.69) is 26.0 Å². The molecule has 0 radical (unpaired) electrons. The molecule has 2 aromatic rings. The molecule has 0 unspecified atom stereocenters. The molecule has 2 aromatic heterocycles. The molecule has 4 nitrogen and oxygen atoms in total. The van der Waals surface area contributed by atoms with Crippen LogP contribution < -0.4 is 4.74 Å². The maximum atomic E-state index is 5.15. The summed E-state index contributed by atoms with van der Waals surface area (Å²) in [5, 5.41) is 4.11. The van der Waals surface area contributed by atoms with Crippen molar-refractivity contribution in [3.8, 4) is 11.6 Å². The number of rotatable bonds is 2. The minimum absolute atomic E-state index is 0.545. The monoisotopic (exact) mass is 253 g/mol. The maximum absolute atomic E-state index is 5.15. The molecule has 0 atom stereocenters. The molecule has 0 spiro atoms. The second kappa shape index (κ2) is 3.79. The van der Waals surface area contributed by atoms with Crippen LogP contribution >= 0.6 is 15.9 Å². The zero-order valence-electron chi connectivity index (χ0n) is 7.51. The van der Waals surface area contributed by atoms with Crippen molar-refractivity contribution in [3.63, 3.8) is 0 Å². The summed E-state index contributed by atoms with van der Waals surface area (Å²) in [6, 6.07) is 5.59. The van der Waals surface area contributed by atoms with Crippen LogP contribution in [0.15, 0.2) is 35.2 Å². The Kier molecular flexibility index (Phi) is 2.49. The molecule has 0 aliphatic heterocycles. The van der Waals surface area contributed by atoms with E-state index in [9.17, 15) is 0 Å². The maximum Gasteiger partial charge on any atom is 0.240 e. The standard InChI is InChI=1S/C9H8BrN3O/c1-14-9-7(3-4-8(10)12-9)13-6-2-5-11-13/h2-6H,1H3. The van der Waals surface area contributed by atoms with E-state index in [1.54, 1.807) is 18.0 Å². The highest BCUT2D eigenvalue weighted by Crippen LogP contribution is 2.21. The minimum Gasteiger partial charge on any atom is -0.479 e. The number of hydrogen-bond donors (Lipinski definition) is 0. The molecule has 2 rings (SSSR count). The molecular formula is C9H8BrN3O. The van der Waals surface area contributed by atoms with E-state index >= 15 is 0 Å². The normalized spacial score (nSPS) is 10.1. The number of halogens is 1. The van der Waals surface area contributed by atoms with Crippen LogP contribution in [0.5, 0.6) is 5.88 Å². The Morgan fingerprint density at radius 2 is 2.29 bits per heavy atom. The van der Waals surface area contributed by atoms with Gasteiger partial charge in [0, 0.05) is 12.4 Å². The first-order valence-electron chi connectivity index (χ1n) is 4.02. The first-order chi connectivity index (χ1) is 6.81. The van der Waals surface area contributed by atoms with Crippen molar-refractivity contribution in [2.75, 3.05) is 7.11 Å². The molecule has 0 N–H and O–H groups in total. The highest BCUT2D eigenvalue weighted by atomic mass is 79.9. The largest absolute Gasteiger partial charge is 0.479 e. The van der Waals surface area contributed by atoms with Gasteiger partial charge in [0.05, 0.1) is 7.11 Å². The lowest BCUT2D eigenvalue weighted by Crippen LogP contribution is -2.00. The van der Waals surface area contributed by atoms with Gasteiger partial charge >= 0.3 is 0 Å². The van der Waals surface area contributed by atoms with Gasteiger partial charge in [0.25, 0.3) is 0 Å². The van der Waals surface area contributed by atoms with E-state index in [4.69, 9.17) is 4.74 Å². The predicted octanol–water partition coefficient (Wildman–Crippen LogP) is 2.04. The average molecular weight is 254 g/mol. The molecule has 14 heavy (non-hydrogen) atoms. The van der Waals surface area contributed by atoms with Crippen molar-refractivity contribution >= 4 is 15.9 Å².